The van der Waals surface area contributed by atoms with Gasteiger partial charge in [-0.3, -0.25) is 4.79 Å². The van der Waals surface area contributed by atoms with Gasteiger partial charge >= 0.3 is 5.97 Å². The SMILES string of the molecule is CC(C)(C)OC(=O)CNc1ccc(I)c(Br)c1. The number of hydrogen-bond donors (Lipinski definition) is 1. The van der Waals surface area contributed by atoms with E-state index >= 15 is 0 Å². The van der Waals surface area contributed by atoms with Crippen LogP contribution in [0.5, 0.6) is 0 Å². The van der Waals surface area contributed by atoms with Crippen LogP contribution < -0.4 is 5.32 Å². The van der Waals surface area contributed by atoms with Gasteiger partial charge in [-0.15, -0.1) is 0 Å². The molecular weight excluding hydrogens is 397 g/mol. The van der Waals surface area contributed by atoms with E-state index in [9.17, 15) is 4.79 Å². The first-order valence-corrected chi connectivity index (χ1v) is 7.06. The summed E-state index contributed by atoms with van der Waals surface area (Å²) in [5.41, 5.74) is 0.453. The lowest BCUT2D eigenvalue weighted by Gasteiger charge is -2.19. The molecular formula is C12H15BrINO2. The van der Waals surface area contributed by atoms with Gasteiger partial charge in [0.2, 0.25) is 0 Å². The van der Waals surface area contributed by atoms with Crippen molar-refractivity contribution in [2.24, 2.45) is 0 Å². The molecule has 3 nitrogen and oxygen atoms in total. The standard InChI is InChI=1S/C12H15BrINO2/c1-12(2,3)17-11(16)7-15-8-4-5-10(14)9(13)6-8/h4-6,15H,7H2,1-3H3. The highest BCUT2D eigenvalue weighted by Crippen LogP contribution is 2.22. The van der Waals surface area contributed by atoms with Gasteiger partial charge in [-0.2, -0.15) is 0 Å². The fraction of sp³-hybridized carbons (Fsp3) is 0.417. The number of ether oxygens (including phenoxy) is 1. The van der Waals surface area contributed by atoms with Crippen LogP contribution in [0.25, 0.3) is 0 Å². The summed E-state index contributed by atoms with van der Waals surface area (Å²) < 4.78 is 7.34. The van der Waals surface area contributed by atoms with Crippen LogP contribution in [-0.4, -0.2) is 18.1 Å². The topological polar surface area (TPSA) is 38.3 Å². The van der Waals surface area contributed by atoms with Crippen molar-refractivity contribution in [2.45, 2.75) is 26.4 Å². The monoisotopic (exact) mass is 411 g/mol. The maximum Gasteiger partial charge on any atom is 0.325 e. The van der Waals surface area contributed by atoms with Gasteiger partial charge in [-0.25, -0.2) is 0 Å². The Morgan fingerprint density at radius 3 is 2.65 bits per heavy atom. The summed E-state index contributed by atoms with van der Waals surface area (Å²) in [5, 5.41) is 3.03. The lowest BCUT2D eigenvalue weighted by molar-refractivity contribution is -0.152. The van der Waals surface area contributed by atoms with Crippen molar-refractivity contribution in [3.05, 3.63) is 26.2 Å². The summed E-state index contributed by atoms with van der Waals surface area (Å²) in [6.07, 6.45) is 0. The van der Waals surface area contributed by atoms with Crippen LogP contribution in [-0.2, 0) is 9.53 Å². The quantitative estimate of drug-likeness (QED) is 0.607. The van der Waals surface area contributed by atoms with Crippen molar-refractivity contribution in [3.63, 3.8) is 0 Å². The second kappa shape index (κ2) is 6.04. The zero-order chi connectivity index (χ0) is 13.1. The molecule has 0 atom stereocenters. The maximum absolute atomic E-state index is 11.5. The molecule has 0 saturated carbocycles. The Labute approximate surface area is 124 Å². The van der Waals surface area contributed by atoms with Gasteiger partial charge in [0.05, 0.1) is 0 Å². The number of anilines is 1. The number of halogens is 2. The Hall–Kier alpha value is -0.300. The third-order valence-corrected chi connectivity index (χ3v) is 4.11. The average Bonchev–Trinajstić information content (AvgIpc) is 2.17. The first-order chi connectivity index (χ1) is 7.78. The van der Waals surface area contributed by atoms with E-state index in [2.05, 4.69) is 43.8 Å². The van der Waals surface area contributed by atoms with Crippen molar-refractivity contribution in [1.82, 2.24) is 0 Å². The highest BCUT2D eigenvalue weighted by molar-refractivity contribution is 14.1. The zero-order valence-corrected chi connectivity index (χ0v) is 13.8. The van der Waals surface area contributed by atoms with Gasteiger partial charge in [-0.1, -0.05) is 0 Å². The molecule has 17 heavy (non-hydrogen) atoms. The van der Waals surface area contributed by atoms with Crippen molar-refractivity contribution in [3.8, 4) is 0 Å². The summed E-state index contributed by atoms with van der Waals surface area (Å²) >= 11 is 5.67. The molecule has 0 aliphatic carbocycles. The number of hydrogen-bond acceptors (Lipinski definition) is 3. The fourth-order valence-corrected chi connectivity index (χ4v) is 1.87. The third-order valence-electron chi connectivity index (χ3n) is 1.78. The predicted octanol–water partition coefficient (Wildman–Crippen LogP) is 3.81. The van der Waals surface area contributed by atoms with E-state index in [4.69, 9.17) is 4.74 Å². The molecule has 0 fully saturated rings. The van der Waals surface area contributed by atoms with E-state index in [1.165, 1.54) is 0 Å². The molecule has 0 spiro atoms. The third kappa shape index (κ3) is 5.72. The normalized spacial score (nSPS) is 11.1. The van der Waals surface area contributed by atoms with Gasteiger partial charge in [-0.05, 0) is 77.5 Å². The number of nitrogens with one attached hydrogen (secondary N) is 1. The molecule has 0 radical (unpaired) electrons. The van der Waals surface area contributed by atoms with Crippen molar-refractivity contribution in [1.29, 1.82) is 0 Å². The molecule has 0 unspecified atom stereocenters. The molecule has 1 rings (SSSR count). The van der Waals surface area contributed by atoms with Crippen LogP contribution in [0.15, 0.2) is 22.7 Å². The Morgan fingerprint density at radius 2 is 2.12 bits per heavy atom. The van der Waals surface area contributed by atoms with Gasteiger partial charge < -0.3 is 10.1 Å². The van der Waals surface area contributed by atoms with Crippen LogP contribution in [0.2, 0.25) is 0 Å². The van der Waals surface area contributed by atoms with Crippen LogP contribution in [0, 0.1) is 3.57 Å². The Morgan fingerprint density at radius 1 is 1.47 bits per heavy atom. The van der Waals surface area contributed by atoms with Gasteiger partial charge in [0.25, 0.3) is 0 Å². The van der Waals surface area contributed by atoms with Crippen LogP contribution in [0.4, 0.5) is 5.69 Å². The number of carbonyl (C=O) groups excluding carboxylic acids is 1. The summed E-state index contributed by atoms with van der Waals surface area (Å²) in [7, 11) is 0. The molecule has 0 bridgehead atoms. The molecule has 0 amide bonds. The van der Waals surface area contributed by atoms with Crippen molar-refractivity contribution >= 4 is 50.2 Å². The summed E-state index contributed by atoms with van der Waals surface area (Å²) in [6.45, 7) is 5.73. The molecule has 1 aromatic carbocycles. The first-order valence-electron chi connectivity index (χ1n) is 5.19. The van der Waals surface area contributed by atoms with E-state index in [0.717, 1.165) is 13.7 Å². The molecule has 1 N–H and O–H groups in total. The number of esters is 1. The second-order valence-electron chi connectivity index (χ2n) is 4.57. The van der Waals surface area contributed by atoms with Crippen LogP contribution in [0.3, 0.4) is 0 Å². The largest absolute Gasteiger partial charge is 0.459 e. The minimum absolute atomic E-state index is 0.171. The lowest BCUT2D eigenvalue weighted by Crippen LogP contribution is -2.28. The predicted molar refractivity (Wildman–Crippen MR) is 81.2 cm³/mol. The minimum atomic E-state index is -0.439. The molecule has 0 heterocycles. The number of carbonyl (C=O) groups is 1. The summed E-state index contributed by atoms with van der Waals surface area (Å²) in [6, 6.07) is 5.84. The maximum atomic E-state index is 11.5. The average molecular weight is 412 g/mol. The van der Waals surface area contributed by atoms with E-state index in [0.29, 0.717) is 0 Å². The van der Waals surface area contributed by atoms with Crippen molar-refractivity contribution in [2.75, 3.05) is 11.9 Å². The molecule has 1 aromatic rings. The Kier molecular flexibility index (Phi) is 5.24. The molecule has 0 aliphatic heterocycles. The van der Waals surface area contributed by atoms with E-state index in [1.54, 1.807) is 0 Å². The highest BCUT2D eigenvalue weighted by atomic mass is 127. The second-order valence-corrected chi connectivity index (χ2v) is 6.59. The van der Waals surface area contributed by atoms with E-state index in [-0.39, 0.29) is 12.5 Å². The van der Waals surface area contributed by atoms with Gasteiger partial charge in [0, 0.05) is 13.7 Å². The van der Waals surface area contributed by atoms with Gasteiger partial charge in [0.1, 0.15) is 12.1 Å². The molecule has 0 aliphatic rings. The van der Waals surface area contributed by atoms with Crippen LogP contribution >= 0.6 is 38.5 Å². The zero-order valence-electron chi connectivity index (χ0n) is 10.0. The van der Waals surface area contributed by atoms with Crippen molar-refractivity contribution < 1.29 is 9.53 Å². The first kappa shape index (κ1) is 14.8. The van der Waals surface area contributed by atoms with E-state index in [1.807, 2.05) is 39.0 Å². The Balaban J connectivity index is 2.50. The number of rotatable bonds is 3. The lowest BCUT2D eigenvalue weighted by atomic mass is 10.2. The number of benzene rings is 1. The minimum Gasteiger partial charge on any atom is -0.459 e. The molecule has 0 aromatic heterocycles. The summed E-state index contributed by atoms with van der Waals surface area (Å²) in [5.74, 6) is -0.257. The molecule has 94 valence electrons. The highest BCUT2D eigenvalue weighted by Gasteiger charge is 2.15. The van der Waals surface area contributed by atoms with Crippen LogP contribution in [0.1, 0.15) is 20.8 Å². The fourth-order valence-electron chi connectivity index (χ4n) is 1.16. The van der Waals surface area contributed by atoms with Gasteiger partial charge in [0.15, 0.2) is 0 Å². The smallest absolute Gasteiger partial charge is 0.325 e. The Bertz CT molecular complexity index is 415. The van der Waals surface area contributed by atoms with E-state index < -0.39 is 5.60 Å². The molecule has 5 heteroatoms. The summed E-state index contributed by atoms with van der Waals surface area (Å²) in [4.78, 5) is 11.5. The molecule has 0 saturated heterocycles.